The van der Waals surface area contributed by atoms with E-state index in [4.69, 9.17) is 9.47 Å². The van der Waals surface area contributed by atoms with Gasteiger partial charge in [0.05, 0.1) is 12.7 Å². The molecule has 4 nitrogen and oxygen atoms in total. The first-order valence-electron chi connectivity index (χ1n) is 6.64. The Labute approximate surface area is 116 Å². The van der Waals surface area contributed by atoms with E-state index in [1.165, 1.54) is 6.07 Å². The lowest BCUT2D eigenvalue weighted by molar-refractivity contribution is -0.0560. The van der Waals surface area contributed by atoms with Crippen LogP contribution in [0.4, 0.5) is 8.78 Å². The van der Waals surface area contributed by atoms with Gasteiger partial charge in [-0.3, -0.25) is 4.90 Å². The second kappa shape index (κ2) is 6.97. The Morgan fingerprint density at radius 2 is 2.25 bits per heavy atom. The van der Waals surface area contributed by atoms with Gasteiger partial charge in [-0.15, -0.1) is 0 Å². The second-order valence-electron chi connectivity index (χ2n) is 4.99. The van der Waals surface area contributed by atoms with Crippen LogP contribution in [0.5, 0.6) is 5.75 Å². The average molecular weight is 287 g/mol. The molecule has 1 aliphatic rings. The minimum absolute atomic E-state index is 0.143. The molecule has 0 aliphatic carbocycles. The third-order valence-corrected chi connectivity index (χ3v) is 3.07. The molecule has 0 amide bonds. The molecule has 1 heterocycles. The number of benzene rings is 1. The summed E-state index contributed by atoms with van der Waals surface area (Å²) in [5, 5.41) is 9.36. The van der Waals surface area contributed by atoms with Crippen LogP contribution >= 0.6 is 0 Å². The van der Waals surface area contributed by atoms with E-state index in [-0.39, 0.29) is 24.6 Å². The van der Waals surface area contributed by atoms with Gasteiger partial charge in [-0.2, -0.15) is 0 Å². The molecule has 0 radical (unpaired) electrons. The number of morpholine rings is 1. The van der Waals surface area contributed by atoms with Crippen molar-refractivity contribution in [2.45, 2.75) is 19.1 Å². The van der Waals surface area contributed by atoms with E-state index in [1.54, 1.807) is 6.92 Å². The van der Waals surface area contributed by atoms with Crippen molar-refractivity contribution in [2.24, 2.45) is 0 Å². The van der Waals surface area contributed by atoms with Crippen LogP contribution < -0.4 is 4.74 Å². The molecule has 2 unspecified atom stereocenters. The molecule has 6 heteroatoms. The number of aliphatic hydroxyl groups excluding tert-OH is 1. The molecule has 20 heavy (non-hydrogen) atoms. The Morgan fingerprint density at radius 1 is 1.45 bits per heavy atom. The van der Waals surface area contributed by atoms with Crippen molar-refractivity contribution in [3.8, 4) is 5.75 Å². The molecule has 1 N–H and O–H groups in total. The standard InChI is InChI=1S/C14H19F2NO3/c1-10(18)7-17-4-5-19-12(8-17)9-20-11-2-3-13(15)14(16)6-11/h2-3,6,10,12,18H,4-5,7-9H2,1H3. The number of hydrogen-bond acceptors (Lipinski definition) is 4. The largest absolute Gasteiger partial charge is 0.491 e. The van der Waals surface area contributed by atoms with Gasteiger partial charge in [-0.1, -0.05) is 0 Å². The molecule has 0 saturated carbocycles. The summed E-state index contributed by atoms with van der Waals surface area (Å²) in [7, 11) is 0. The maximum Gasteiger partial charge on any atom is 0.162 e. The Morgan fingerprint density at radius 3 is 2.95 bits per heavy atom. The van der Waals surface area contributed by atoms with Crippen molar-refractivity contribution in [1.29, 1.82) is 0 Å². The molecular formula is C14H19F2NO3. The van der Waals surface area contributed by atoms with Gasteiger partial charge in [0.25, 0.3) is 0 Å². The topological polar surface area (TPSA) is 41.9 Å². The number of nitrogens with zero attached hydrogens (tertiary/aromatic N) is 1. The highest BCUT2D eigenvalue weighted by atomic mass is 19.2. The van der Waals surface area contributed by atoms with Crippen LogP contribution in [0.2, 0.25) is 0 Å². The summed E-state index contributed by atoms with van der Waals surface area (Å²) < 4.78 is 36.8. The van der Waals surface area contributed by atoms with Gasteiger partial charge in [0.15, 0.2) is 11.6 Å². The van der Waals surface area contributed by atoms with Gasteiger partial charge < -0.3 is 14.6 Å². The van der Waals surface area contributed by atoms with Gasteiger partial charge in [0.2, 0.25) is 0 Å². The van der Waals surface area contributed by atoms with Gasteiger partial charge in [0.1, 0.15) is 18.5 Å². The Balaban J connectivity index is 1.82. The molecule has 1 aromatic rings. The number of ether oxygens (including phenoxy) is 2. The van der Waals surface area contributed by atoms with Crippen LogP contribution in [0.3, 0.4) is 0 Å². The second-order valence-corrected chi connectivity index (χ2v) is 4.99. The average Bonchev–Trinajstić information content (AvgIpc) is 2.40. The fraction of sp³-hybridized carbons (Fsp3) is 0.571. The van der Waals surface area contributed by atoms with Crippen LogP contribution in [0.1, 0.15) is 6.92 Å². The van der Waals surface area contributed by atoms with Crippen LogP contribution in [0.15, 0.2) is 18.2 Å². The van der Waals surface area contributed by atoms with E-state index in [0.717, 1.165) is 18.7 Å². The minimum Gasteiger partial charge on any atom is -0.491 e. The van der Waals surface area contributed by atoms with Gasteiger partial charge in [-0.25, -0.2) is 8.78 Å². The summed E-state index contributed by atoms with van der Waals surface area (Å²) in [4.78, 5) is 2.09. The zero-order valence-electron chi connectivity index (χ0n) is 11.4. The highest BCUT2D eigenvalue weighted by Crippen LogP contribution is 2.16. The Kier molecular flexibility index (Phi) is 5.28. The molecule has 112 valence electrons. The zero-order valence-corrected chi connectivity index (χ0v) is 11.4. The molecule has 1 saturated heterocycles. The molecule has 1 aromatic carbocycles. The molecular weight excluding hydrogens is 268 g/mol. The van der Waals surface area contributed by atoms with Crippen LogP contribution in [0.25, 0.3) is 0 Å². The molecule has 1 fully saturated rings. The maximum absolute atomic E-state index is 13.0. The third-order valence-electron chi connectivity index (χ3n) is 3.07. The van der Waals surface area contributed by atoms with E-state index in [1.807, 2.05) is 0 Å². The summed E-state index contributed by atoms with van der Waals surface area (Å²) in [6.07, 6.45) is -0.531. The summed E-state index contributed by atoms with van der Waals surface area (Å²) in [5.74, 6) is -1.54. The van der Waals surface area contributed by atoms with Gasteiger partial charge >= 0.3 is 0 Å². The van der Waals surface area contributed by atoms with Crippen molar-refractivity contribution in [1.82, 2.24) is 4.90 Å². The van der Waals surface area contributed by atoms with E-state index in [9.17, 15) is 13.9 Å². The van der Waals surface area contributed by atoms with Crippen molar-refractivity contribution in [3.05, 3.63) is 29.8 Å². The number of rotatable bonds is 5. The molecule has 0 spiro atoms. The van der Waals surface area contributed by atoms with Gasteiger partial charge in [-0.05, 0) is 19.1 Å². The van der Waals surface area contributed by atoms with E-state index in [0.29, 0.717) is 19.7 Å². The Hall–Kier alpha value is -1.24. The lowest BCUT2D eigenvalue weighted by Gasteiger charge is -2.33. The van der Waals surface area contributed by atoms with E-state index >= 15 is 0 Å². The van der Waals surface area contributed by atoms with Crippen molar-refractivity contribution in [3.63, 3.8) is 0 Å². The van der Waals surface area contributed by atoms with E-state index < -0.39 is 11.6 Å². The minimum atomic E-state index is -0.928. The first-order valence-corrected chi connectivity index (χ1v) is 6.64. The molecule has 0 aromatic heterocycles. The molecule has 2 atom stereocenters. The molecule has 1 aliphatic heterocycles. The SMILES string of the molecule is CC(O)CN1CCOC(COc2ccc(F)c(F)c2)C1. The quantitative estimate of drug-likeness (QED) is 0.889. The summed E-state index contributed by atoms with van der Waals surface area (Å²) in [6, 6.07) is 3.44. The predicted octanol–water partition coefficient (Wildman–Crippen LogP) is 1.43. The highest BCUT2D eigenvalue weighted by Gasteiger charge is 2.22. The molecule has 0 bridgehead atoms. The number of halogens is 2. The first kappa shape index (κ1) is 15.2. The summed E-state index contributed by atoms with van der Waals surface area (Å²) >= 11 is 0. The number of aliphatic hydroxyl groups is 1. The molecule has 2 rings (SSSR count). The highest BCUT2D eigenvalue weighted by molar-refractivity contribution is 5.23. The fourth-order valence-corrected chi connectivity index (χ4v) is 2.18. The Bertz CT molecular complexity index is 442. The normalized spacial score (nSPS) is 21.7. The fourth-order valence-electron chi connectivity index (χ4n) is 2.18. The summed E-state index contributed by atoms with van der Waals surface area (Å²) in [5.41, 5.74) is 0. The smallest absolute Gasteiger partial charge is 0.162 e. The lowest BCUT2D eigenvalue weighted by Crippen LogP contribution is -2.47. The lowest BCUT2D eigenvalue weighted by atomic mass is 10.2. The predicted molar refractivity (Wildman–Crippen MR) is 69.7 cm³/mol. The number of hydrogen-bond donors (Lipinski definition) is 1. The van der Waals surface area contributed by atoms with Crippen LogP contribution in [-0.4, -0.2) is 55.1 Å². The van der Waals surface area contributed by atoms with Crippen LogP contribution in [0, 0.1) is 11.6 Å². The van der Waals surface area contributed by atoms with Crippen molar-refractivity contribution >= 4 is 0 Å². The first-order chi connectivity index (χ1) is 9.54. The van der Waals surface area contributed by atoms with E-state index in [2.05, 4.69) is 4.90 Å². The van der Waals surface area contributed by atoms with Crippen molar-refractivity contribution < 1.29 is 23.4 Å². The maximum atomic E-state index is 13.0. The van der Waals surface area contributed by atoms with Crippen molar-refractivity contribution in [2.75, 3.05) is 32.8 Å². The van der Waals surface area contributed by atoms with Crippen LogP contribution in [-0.2, 0) is 4.74 Å². The summed E-state index contributed by atoms with van der Waals surface area (Å²) in [6.45, 7) is 4.58. The zero-order chi connectivity index (χ0) is 14.5. The monoisotopic (exact) mass is 287 g/mol. The third kappa shape index (κ3) is 4.40. The number of β-amino-alcohol motifs (C(OH)–C–C–N with tert-alkyl or cyclic N) is 1. The van der Waals surface area contributed by atoms with Gasteiger partial charge in [0, 0.05) is 25.7 Å².